The summed E-state index contributed by atoms with van der Waals surface area (Å²) in [4.78, 5) is 47.9. The lowest BCUT2D eigenvalue weighted by atomic mass is 10.1. The van der Waals surface area contributed by atoms with Crippen LogP contribution in [0.15, 0.2) is 18.2 Å². The van der Waals surface area contributed by atoms with E-state index < -0.39 is 24.3 Å². The zero-order valence-corrected chi connectivity index (χ0v) is 21.6. The number of methoxy groups -OCH3 is 1. The van der Waals surface area contributed by atoms with Gasteiger partial charge in [0.15, 0.2) is 11.5 Å². The Hall–Kier alpha value is -3.34. The van der Waals surface area contributed by atoms with E-state index in [0.717, 1.165) is 0 Å². The van der Waals surface area contributed by atoms with E-state index in [0.29, 0.717) is 24.8 Å². The summed E-state index contributed by atoms with van der Waals surface area (Å²) in [6, 6.07) is 3.70. The highest BCUT2D eigenvalue weighted by molar-refractivity contribution is 5.76. The second kappa shape index (κ2) is 17.1. The van der Waals surface area contributed by atoms with E-state index >= 15 is 0 Å². The van der Waals surface area contributed by atoms with Gasteiger partial charge in [0.05, 0.1) is 20.3 Å². The highest BCUT2D eigenvalue weighted by atomic mass is 16.7. The Balaban J connectivity index is 2.94. The average Bonchev–Trinajstić information content (AvgIpc) is 2.83. The summed E-state index contributed by atoms with van der Waals surface area (Å²) in [7, 11) is 1.26. The third kappa shape index (κ3) is 12.4. The zero-order valence-electron chi connectivity index (χ0n) is 21.6. The van der Waals surface area contributed by atoms with Crippen LogP contribution in [-0.2, 0) is 35.0 Å². The molecule has 0 aromatic heterocycles. The van der Waals surface area contributed by atoms with Gasteiger partial charge in [-0.1, -0.05) is 33.8 Å². The number of benzene rings is 1. The predicted molar refractivity (Wildman–Crippen MR) is 129 cm³/mol. The second-order valence-electron chi connectivity index (χ2n) is 8.23. The highest BCUT2D eigenvalue weighted by Crippen LogP contribution is 2.30. The van der Waals surface area contributed by atoms with Gasteiger partial charge in [-0.15, -0.1) is 0 Å². The third-order valence-electron chi connectivity index (χ3n) is 4.50. The average molecular weight is 512 g/mol. The van der Waals surface area contributed by atoms with E-state index in [1.807, 2.05) is 27.7 Å². The molecule has 11 heteroatoms. The first kappa shape index (κ1) is 30.7. The molecule has 0 saturated carbocycles. The van der Waals surface area contributed by atoms with Crippen molar-refractivity contribution in [3.63, 3.8) is 0 Å². The molecule has 11 nitrogen and oxygen atoms in total. The summed E-state index contributed by atoms with van der Waals surface area (Å²) >= 11 is 0. The molecule has 36 heavy (non-hydrogen) atoms. The molecule has 0 fully saturated rings. The van der Waals surface area contributed by atoms with Gasteiger partial charge in [0.25, 0.3) is 0 Å². The van der Waals surface area contributed by atoms with Gasteiger partial charge < -0.3 is 33.7 Å². The van der Waals surface area contributed by atoms with Crippen LogP contribution in [0.5, 0.6) is 11.5 Å². The first-order valence-electron chi connectivity index (χ1n) is 12.0. The Morgan fingerprint density at radius 3 is 2.03 bits per heavy atom. The van der Waals surface area contributed by atoms with Crippen molar-refractivity contribution in [2.45, 2.75) is 59.4 Å². The third-order valence-corrected chi connectivity index (χ3v) is 4.50. The number of carbonyl (C=O) groups excluding carboxylic acids is 4. The number of ether oxygens (including phenoxy) is 6. The molecule has 0 spiro atoms. The molecule has 0 aliphatic carbocycles. The van der Waals surface area contributed by atoms with Gasteiger partial charge in [-0.2, -0.15) is 0 Å². The molecule has 1 atom stereocenters. The molecule has 0 heterocycles. The fourth-order valence-electron chi connectivity index (χ4n) is 2.86. The van der Waals surface area contributed by atoms with E-state index in [-0.39, 0.29) is 56.2 Å². The van der Waals surface area contributed by atoms with Crippen LogP contribution in [0.4, 0.5) is 9.59 Å². The first-order valence-corrected chi connectivity index (χ1v) is 12.0. The van der Waals surface area contributed by atoms with Crippen molar-refractivity contribution < 1.29 is 47.6 Å². The summed E-state index contributed by atoms with van der Waals surface area (Å²) in [5, 5.41) is 3.00. The van der Waals surface area contributed by atoms with Crippen molar-refractivity contribution in [1.29, 1.82) is 0 Å². The van der Waals surface area contributed by atoms with Gasteiger partial charge in [-0.25, -0.2) is 9.59 Å². The number of hydrogen-bond donors (Lipinski definition) is 1. The second-order valence-corrected chi connectivity index (χ2v) is 8.23. The highest BCUT2D eigenvalue weighted by Gasteiger charge is 2.22. The van der Waals surface area contributed by atoms with E-state index in [1.54, 1.807) is 6.07 Å². The lowest BCUT2D eigenvalue weighted by molar-refractivity contribution is -0.144. The summed E-state index contributed by atoms with van der Waals surface area (Å²) < 4.78 is 30.3. The fraction of sp³-hybridized carbons (Fsp3) is 0.600. The minimum atomic E-state index is -0.966. The van der Waals surface area contributed by atoms with Crippen LogP contribution >= 0.6 is 0 Å². The van der Waals surface area contributed by atoms with Gasteiger partial charge in [0.1, 0.15) is 12.6 Å². The summed E-state index contributed by atoms with van der Waals surface area (Å²) in [6.45, 7) is 8.13. The predicted octanol–water partition coefficient (Wildman–Crippen LogP) is 3.80. The zero-order chi connectivity index (χ0) is 26.9. The molecule has 202 valence electrons. The van der Waals surface area contributed by atoms with Gasteiger partial charge >= 0.3 is 24.2 Å². The van der Waals surface area contributed by atoms with Crippen LogP contribution in [0.25, 0.3) is 0 Å². The normalized spacial score (nSPS) is 11.4. The molecule has 0 saturated heterocycles. The van der Waals surface area contributed by atoms with Crippen molar-refractivity contribution in [3.05, 3.63) is 23.8 Å². The SMILES string of the molecule is CCCOC(=O)Oc1ccc(C[C@H](NCCOC(=O)CC(C)C)C(=O)OC)cc1OC(=O)OCCC. The summed E-state index contributed by atoms with van der Waals surface area (Å²) in [5.74, 6) is -0.784. The number of carbonyl (C=O) groups is 4. The van der Waals surface area contributed by atoms with Crippen LogP contribution in [0, 0.1) is 5.92 Å². The number of esters is 2. The monoisotopic (exact) mass is 511 g/mol. The number of nitrogens with one attached hydrogen (secondary N) is 1. The fourth-order valence-corrected chi connectivity index (χ4v) is 2.86. The van der Waals surface area contributed by atoms with Crippen molar-refractivity contribution in [1.82, 2.24) is 5.32 Å². The van der Waals surface area contributed by atoms with Crippen LogP contribution in [-0.4, -0.2) is 63.8 Å². The van der Waals surface area contributed by atoms with Crippen LogP contribution in [0.2, 0.25) is 0 Å². The lowest BCUT2D eigenvalue weighted by Gasteiger charge is -2.18. The molecule has 0 radical (unpaired) electrons. The van der Waals surface area contributed by atoms with Gasteiger partial charge in [0.2, 0.25) is 0 Å². The van der Waals surface area contributed by atoms with Crippen LogP contribution in [0.1, 0.15) is 52.5 Å². The standard InChI is InChI=1S/C25H37NO10/c1-6-11-33-24(29)35-20-9-8-18(16-21(20)36-25(30)34-12-7-2)15-19(23(28)31-5)26-10-13-32-22(27)14-17(3)4/h8-9,16-17,19,26H,6-7,10-15H2,1-5H3/t19-/m0/s1. The van der Waals surface area contributed by atoms with Gasteiger partial charge in [-0.05, 0) is 42.9 Å². The van der Waals surface area contributed by atoms with Crippen molar-refractivity contribution in [3.8, 4) is 11.5 Å². The van der Waals surface area contributed by atoms with Crippen LogP contribution < -0.4 is 14.8 Å². The Bertz CT molecular complexity index is 855. The van der Waals surface area contributed by atoms with Crippen LogP contribution in [0.3, 0.4) is 0 Å². The molecule has 0 aliphatic heterocycles. The topological polar surface area (TPSA) is 136 Å². The maximum atomic E-state index is 12.3. The Morgan fingerprint density at radius 2 is 1.47 bits per heavy atom. The molecule has 1 N–H and O–H groups in total. The van der Waals surface area contributed by atoms with E-state index in [1.165, 1.54) is 19.2 Å². The molecule has 0 bridgehead atoms. The molecule has 1 rings (SSSR count). The Labute approximate surface area is 211 Å². The Morgan fingerprint density at radius 1 is 0.861 bits per heavy atom. The maximum absolute atomic E-state index is 12.3. The maximum Gasteiger partial charge on any atom is 0.513 e. The molecular weight excluding hydrogens is 474 g/mol. The molecular formula is C25H37NO10. The summed E-state index contributed by atoms with van der Waals surface area (Å²) in [5.41, 5.74) is 0.572. The smallest absolute Gasteiger partial charge is 0.468 e. The molecule has 0 unspecified atom stereocenters. The molecule has 1 aromatic rings. The minimum Gasteiger partial charge on any atom is -0.468 e. The number of rotatable bonds is 15. The largest absolute Gasteiger partial charge is 0.513 e. The van der Waals surface area contributed by atoms with E-state index in [4.69, 9.17) is 28.4 Å². The first-order chi connectivity index (χ1) is 17.2. The van der Waals surface area contributed by atoms with Crippen molar-refractivity contribution in [2.24, 2.45) is 5.92 Å². The molecule has 1 aromatic carbocycles. The quantitative estimate of drug-likeness (QED) is 0.159. The van der Waals surface area contributed by atoms with Gasteiger partial charge in [-0.3, -0.25) is 9.59 Å². The summed E-state index contributed by atoms with van der Waals surface area (Å²) in [6.07, 6.45) is -0.248. The lowest BCUT2D eigenvalue weighted by Crippen LogP contribution is -2.41. The Kier molecular flexibility index (Phi) is 14.6. The number of hydrogen-bond acceptors (Lipinski definition) is 11. The molecule has 0 aliphatic rings. The van der Waals surface area contributed by atoms with Gasteiger partial charge in [0, 0.05) is 13.0 Å². The van der Waals surface area contributed by atoms with E-state index in [9.17, 15) is 19.2 Å². The van der Waals surface area contributed by atoms with Crippen molar-refractivity contribution in [2.75, 3.05) is 33.5 Å². The molecule has 0 amide bonds. The van der Waals surface area contributed by atoms with Crippen molar-refractivity contribution >= 4 is 24.2 Å². The van der Waals surface area contributed by atoms with E-state index in [2.05, 4.69) is 5.32 Å². The minimum absolute atomic E-state index is 0.0482.